The number of rotatable bonds is 5. The number of aryl methyl sites for hydroxylation is 1. The third-order valence-corrected chi connectivity index (χ3v) is 5.63. The highest BCUT2D eigenvalue weighted by Gasteiger charge is 2.28. The molecule has 2 amide bonds. The Morgan fingerprint density at radius 3 is 2.62 bits per heavy atom. The van der Waals surface area contributed by atoms with Crippen molar-refractivity contribution >= 4 is 11.8 Å². The first kappa shape index (κ1) is 19.5. The number of amides is 2. The Morgan fingerprint density at radius 1 is 1.10 bits per heavy atom. The summed E-state index contributed by atoms with van der Waals surface area (Å²) in [5, 5.41) is 3.80. The normalized spacial score (nSPS) is 19.4. The highest BCUT2D eigenvalue weighted by Crippen LogP contribution is 2.25. The minimum atomic E-state index is -0.125. The maximum absolute atomic E-state index is 12.8. The van der Waals surface area contributed by atoms with E-state index < -0.39 is 0 Å². The molecular formula is C22H27N3O4. The van der Waals surface area contributed by atoms with Gasteiger partial charge in [0.2, 0.25) is 5.76 Å². The summed E-state index contributed by atoms with van der Waals surface area (Å²) in [5.74, 6) is 1.04. The molecule has 0 bridgehead atoms. The lowest BCUT2D eigenvalue weighted by molar-refractivity contribution is 0.0592. The number of piperidine rings is 1. The number of carbonyl (C=O) groups is 2. The summed E-state index contributed by atoms with van der Waals surface area (Å²) >= 11 is 0. The zero-order valence-corrected chi connectivity index (χ0v) is 16.8. The highest BCUT2D eigenvalue weighted by molar-refractivity contribution is 5.97. The molecule has 2 fully saturated rings. The van der Waals surface area contributed by atoms with Gasteiger partial charge in [-0.15, -0.1) is 0 Å². The SMILES string of the molecule is Cc1cc(C(=O)N2CCCC(COc3ccccc3C(=O)N3CCCC3)C2)on1. The Balaban J connectivity index is 1.38. The fourth-order valence-electron chi connectivity index (χ4n) is 4.07. The van der Waals surface area contributed by atoms with E-state index in [0.717, 1.165) is 38.8 Å². The zero-order valence-electron chi connectivity index (χ0n) is 16.8. The molecule has 7 heteroatoms. The third-order valence-electron chi connectivity index (χ3n) is 5.63. The van der Waals surface area contributed by atoms with Crippen molar-refractivity contribution in [3.63, 3.8) is 0 Å². The number of ether oxygens (including phenoxy) is 1. The second kappa shape index (κ2) is 8.68. The van der Waals surface area contributed by atoms with Crippen molar-refractivity contribution < 1.29 is 18.8 Å². The molecule has 29 heavy (non-hydrogen) atoms. The molecule has 2 aliphatic rings. The van der Waals surface area contributed by atoms with Crippen LogP contribution in [-0.4, -0.2) is 59.6 Å². The van der Waals surface area contributed by atoms with Gasteiger partial charge in [0.25, 0.3) is 11.8 Å². The van der Waals surface area contributed by atoms with Gasteiger partial charge in [-0.1, -0.05) is 17.3 Å². The van der Waals surface area contributed by atoms with Crippen molar-refractivity contribution in [2.45, 2.75) is 32.6 Å². The molecule has 1 aromatic heterocycles. The van der Waals surface area contributed by atoms with Crippen LogP contribution >= 0.6 is 0 Å². The molecule has 1 unspecified atom stereocenters. The van der Waals surface area contributed by atoms with Gasteiger partial charge in [-0.25, -0.2) is 0 Å². The first-order chi connectivity index (χ1) is 14.1. The Morgan fingerprint density at radius 2 is 1.86 bits per heavy atom. The molecule has 0 saturated carbocycles. The lowest BCUT2D eigenvalue weighted by Crippen LogP contribution is -2.41. The van der Waals surface area contributed by atoms with E-state index in [1.165, 1.54) is 0 Å². The second-order valence-corrected chi connectivity index (χ2v) is 7.90. The summed E-state index contributed by atoms with van der Waals surface area (Å²) in [7, 11) is 0. The standard InChI is InChI=1S/C22H27N3O4/c1-16-13-20(29-23-16)22(27)25-12-6-7-17(14-25)15-28-19-9-3-2-8-18(19)21(26)24-10-4-5-11-24/h2-3,8-9,13,17H,4-7,10-12,14-15H2,1H3. The number of para-hydroxylation sites is 1. The van der Waals surface area contributed by atoms with Crippen LogP contribution in [0.5, 0.6) is 5.75 Å². The van der Waals surface area contributed by atoms with Gasteiger partial charge >= 0.3 is 0 Å². The number of hydrogen-bond donors (Lipinski definition) is 0. The van der Waals surface area contributed by atoms with Gasteiger partial charge in [0, 0.05) is 38.2 Å². The van der Waals surface area contributed by atoms with E-state index in [2.05, 4.69) is 5.16 Å². The van der Waals surface area contributed by atoms with E-state index >= 15 is 0 Å². The summed E-state index contributed by atoms with van der Waals surface area (Å²) in [6, 6.07) is 9.11. The molecule has 3 heterocycles. The molecular weight excluding hydrogens is 370 g/mol. The van der Waals surface area contributed by atoms with Crippen LogP contribution in [0, 0.1) is 12.8 Å². The Hall–Kier alpha value is -2.83. The lowest BCUT2D eigenvalue weighted by atomic mass is 9.98. The Bertz CT molecular complexity index is 872. The highest BCUT2D eigenvalue weighted by atomic mass is 16.5. The molecule has 0 spiro atoms. The van der Waals surface area contributed by atoms with Crippen molar-refractivity contribution in [2.24, 2.45) is 5.92 Å². The van der Waals surface area contributed by atoms with Gasteiger partial charge in [0.1, 0.15) is 5.75 Å². The van der Waals surface area contributed by atoms with E-state index in [-0.39, 0.29) is 23.5 Å². The first-order valence-corrected chi connectivity index (χ1v) is 10.4. The molecule has 154 valence electrons. The number of hydrogen-bond acceptors (Lipinski definition) is 5. The summed E-state index contributed by atoms with van der Waals surface area (Å²) in [6.45, 7) is 5.22. The minimum Gasteiger partial charge on any atom is -0.492 e. The summed E-state index contributed by atoms with van der Waals surface area (Å²) in [4.78, 5) is 29.1. The average Bonchev–Trinajstić information content (AvgIpc) is 3.44. The van der Waals surface area contributed by atoms with Gasteiger partial charge < -0.3 is 19.1 Å². The maximum Gasteiger partial charge on any atom is 0.292 e. The molecule has 7 nitrogen and oxygen atoms in total. The van der Waals surface area contributed by atoms with Crippen LogP contribution in [0.15, 0.2) is 34.9 Å². The van der Waals surface area contributed by atoms with Gasteiger partial charge in [0.05, 0.1) is 17.9 Å². The van der Waals surface area contributed by atoms with Crippen molar-refractivity contribution in [3.05, 3.63) is 47.3 Å². The number of benzene rings is 1. The molecule has 1 atom stereocenters. The first-order valence-electron chi connectivity index (χ1n) is 10.4. The van der Waals surface area contributed by atoms with Crippen LogP contribution in [0.25, 0.3) is 0 Å². The molecule has 1 aromatic carbocycles. The zero-order chi connectivity index (χ0) is 20.2. The lowest BCUT2D eigenvalue weighted by Gasteiger charge is -2.32. The number of carbonyl (C=O) groups excluding carboxylic acids is 2. The number of likely N-dealkylation sites (tertiary alicyclic amines) is 2. The van der Waals surface area contributed by atoms with Gasteiger partial charge in [-0.2, -0.15) is 0 Å². The van der Waals surface area contributed by atoms with Gasteiger partial charge in [-0.05, 0) is 44.7 Å². The minimum absolute atomic E-state index is 0.0410. The van der Waals surface area contributed by atoms with Crippen LogP contribution in [-0.2, 0) is 0 Å². The molecule has 0 aliphatic carbocycles. The third kappa shape index (κ3) is 4.44. The molecule has 2 saturated heterocycles. The second-order valence-electron chi connectivity index (χ2n) is 7.90. The quantitative estimate of drug-likeness (QED) is 0.775. The maximum atomic E-state index is 12.8. The van der Waals surface area contributed by atoms with E-state index in [1.807, 2.05) is 29.2 Å². The van der Waals surface area contributed by atoms with Crippen LogP contribution in [0.2, 0.25) is 0 Å². The molecule has 4 rings (SSSR count). The molecule has 2 aliphatic heterocycles. The summed E-state index contributed by atoms with van der Waals surface area (Å²) in [6.07, 6.45) is 4.03. The summed E-state index contributed by atoms with van der Waals surface area (Å²) < 4.78 is 11.2. The van der Waals surface area contributed by atoms with Crippen molar-refractivity contribution in [3.8, 4) is 5.75 Å². The Labute approximate surface area is 170 Å². The van der Waals surface area contributed by atoms with E-state index in [1.54, 1.807) is 17.9 Å². The summed E-state index contributed by atoms with van der Waals surface area (Å²) in [5.41, 5.74) is 1.32. The van der Waals surface area contributed by atoms with Crippen molar-refractivity contribution in [2.75, 3.05) is 32.8 Å². The fourth-order valence-corrected chi connectivity index (χ4v) is 4.07. The predicted octanol–water partition coefficient (Wildman–Crippen LogP) is 3.15. The number of nitrogens with zero attached hydrogens (tertiary/aromatic N) is 3. The van der Waals surface area contributed by atoms with E-state index in [9.17, 15) is 9.59 Å². The van der Waals surface area contributed by atoms with Gasteiger partial charge in [-0.3, -0.25) is 9.59 Å². The van der Waals surface area contributed by atoms with E-state index in [4.69, 9.17) is 9.26 Å². The molecule has 0 radical (unpaired) electrons. The molecule has 0 N–H and O–H groups in total. The Kier molecular flexibility index (Phi) is 5.83. The monoisotopic (exact) mass is 397 g/mol. The predicted molar refractivity (Wildman–Crippen MR) is 107 cm³/mol. The van der Waals surface area contributed by atoms with Crippen LogP contribution in [0.4, 0.5) is 0 Å². The van der Waals surface area contributed by atoms with Crippen LogP contribution in [0.3, 0.4) is 0 Å². The van der Waals surface area contributed by atoms with Crippen molar-refractivity contribution in [1.29, 1.82) is 0 Å². The van der Waals surface area contributed by atoms with Crippen LogP contribution in [0.1, 0.15) is 52.3 Å². The fraction of sp³-hybridized carbons (Fsp3) is 0.500. The number of aromatic nitrogens is 1. The topological polar surface area (TPSA) is 75.9 Å². The van der Waals surface area contributed by atoms with Gasteiger partial charge in [0.15, 0.2) is 0 Å². The smallest absolute Gasteiger partial charge is 0.292 e. The van der Waals surface area contributed by atoms with Crippen LogP contribution < -0.4 is 4.74 Å². The average molecular weight is 397 g/mol. The van der Waals surface area contributed by atoms with Crippen molar-refractivity contribution in [1.82, 2.24) is 15.0 Å². The van der Waals surface area contributed by atoms with E-state index in [0.29, 0.717) is 36.7 Å². The molecule has 2 aromatic rings. The largest absolute Gasteiger partial charge is 0.492 e.